The molecule has 1 aromatic rings. The van der Waals surface area contributed by atoms with Crippen LogP contribution >= 0.6 is 15.9 Å². The summed E-state index contributed by atoms with van der Waals surface area (Å²) in [6, 6.07) is 4.92. The van der Waals surface area contributed by atoms with Gasteiger partial charge in [0.15, 0.2) is 0 Å². The van der Waals surface area contributed by atoms with Crippen molar-refractivity contribution in [3.63, 3.8) is 0 Å². The Balaban J connectivity index is 2.24. The Hall–Kier alpha value is -0.900. The lowest BCUT2D eigenvalue weighted by molar-refractivity contribution is -0.119. The Morgan fingerprint density at radius 1 is 1.50 bits per heavy atom. The smallest absolute Gasteiger partial charge is 0.220 e. The van der Waals surface area contributed by atoms with Crippen LogP contribution in [-0.4, -0.2) is 5.91 Å². The summed E-state index contributed by atoms with van der Waals surface area (Å²) in [5, 5.41) is 2.80. The van der Waals surface area contributed by atoms with Crippen LogP contribution in [0.2, 0.25) is 0 Å². The Kier molecular flexibility index (Phi) is 2.54. The van der Waals surface area contributed by atoms with Crippen molar-refractivity contribution < 1.29 is 9.18 Å². The molecule has 0 aromatic heterocycles. The van der Waals surface area contributed by atoms with E-state index in [1.165, 1.54) is 6.07 Å². The fraction of sp³-hybridized carbons (Fsp3) is 0.300. The van der Waals surface area contributed by atoms with Gasteiger partial charge in [-0.15, -0.1) is 0 Å². The lowest BCUT2D eigenvalue weighted by Crippen LogP contribution is -2.18. The van der Waals surface area contributed by atoms with Gasteiger partial charge in [-0.2, -0.15) is 0 Å². The van der Waals surface area contributed by atoms with Crippen molar-refractivity contribution in [1.29, 1.82) is 0 Å². The zero-order valence-corrected chi connectivity index (χ0v) is 8.97. The minimum absolute atomic E-state index is 0.0231. The predicted molar refractivity (Wildman–Crippen MR) is 54.2 cm³/mol. The summed E-state index contributed by atoms with van der Waals surface area (Å²) in [6.07, 6.45) is 1.28. The molecule has 74 valence electrons. The normalized spacial score (nSPS) is 21.0. The first kappa shape index (κ1) is 9.65. The number of amides is 1. The number of hydrogen-bond acceptors (Lipinski definition) is 1. The number of benzene rings is 1. The molecule has 1 heterocycles. The summed E-state index contributed by atoms with van der Waals surface area (Å²) in [6.45, 7) is 0. The fourth-order valence-electron chi connectivity index (χ4n) is 1.59. The van der Waals surface area contributed by atoms with Gasteiger partial charge in [-0.25, -0.2) is 4.39 Å². The van der Waals surface area contributed by atoms with E-state index in [0.29, 0.717) is 10.9 Å². The maximum Gasteiger partial charge on any atom is 0.220 e. The largest absolute Gasteiger partial charge is 0.349 e. The summed E-state index contributed by atoms with van der Waals surface area (Å²) >= 11 is 3.09. The third kappa shape index (κ3) is 1.80. The monoisotopic (exact) mass is 257 g/mol. The highest BCUT2D eigenvalue weighted by Crippen LogP contribution is 2.26. The average molecular weight is 258 g/mol. The van der Waals surface area contributed by atoms with Crippen molar-refractivity contribution in [2.24, 2.45) is 0 Å². The summed E-state index contributed by atoms with van der Waals surface area (Å²) in [5.41, 5.74) is 0.830. The van der Waals surface area contributed by atoms with Crippen molar-refractivity contribution in [2.75, 3.05) is 0 Å². The average Bonchev–Trinajstić information content (AvgIpc) is 2.57. The van der Waals surface area contributed by atoms with Gasteiger partial charge in [0, 0.05) is 6.42 Å². The van der Waals surface area contributed by atoms with E-state index < -0.39 is 0 Å². The molecule has 1 unspecified atom stereocenters. The van der Waals surface area contributed by atoms with Crippen molar-refractivity contribution in [1.82, 2.24) is 5.32 Å². The number of carbonyl (C=O) groups is 1. The fourth-order valence-corrected chi connectivity index (χ4v) is 1.84. The van der Waals surface area contributed by atoms with E-state index in [9.17, 15) is 9.18 Å². The molecule has 14 heavy (non-hydrogen) atoms. The molecule has 2 rings (SSSR count). The molecule has 1 atom stereocenters. The molecule has 0 spiro atoms. The summed E-state index contributed by atoms with van der Waals surface area (Å²) in [5.74, 6) is -0.248. The second-order valence-electron chi connectivity index (χ2n) is 3.33. The minimum Gasteiger partial charge on any atom is -0.349 e. The Morgan fingerprint density at radius 2 is 2.29 bits per heavy atom. The van der Waals surface area contributed by atoms with Crippen LogP contribution in [0.25, 0.3) is 0 Å². The van der Waals surface area contributed by atoms with Gasteiger partial charge in [0.1, 0.15) is 5.82 Å². The first-order valence-electron chi connectivity index (χ1n) is 4.41. The Labute approximate surface area is 89.6 Å². The minimum atomic E-state index is -0.288. The molecule has 1 aliphatic rings. The molecular weight excluding hydrogens is 249 g/mol. The first-order valence-corrected chi connectivity index (χ1v) is 5.20. The number of carbonyl (C=O) groups excluding carboxylic acids is 1. The molecule has 0 radical (unpaired) electrons. The van der Waals surface area contributed by atoms with Crippen LogP contribution < -0.4 is 5.32 Å². The Morgan fingerprint density at radius 3 is 2.86 bits per heavy atom. The molecule has 1 N–H and O–H groups in total. The highest BCUT2D eigenvalue weighted by molar-refractivity contribution is 9.10. The third-order valence-corrected chi connectivity index (χ3v) is 2.98. The summed E-state index contributed by atoms with van der Waals surface area (Å²) in [4.78, 5) is 11.0. The van der Waals surface area contributed by atoms with Gasteiger partial charge >= 0.3 is 0 Å². The van der Waals surface area contributed by atoms with E-state index in [1.807, 2.05) is 6.07 Å². The summed E-state index contributed by atoms with van der Waals surface area (Å²) in [7, 11) is 0. The van der Waals surface area contributed by atoms with Gasteiger partial charge in [-0.05, 0) is 40.0 Å². The van der Waals surface area contributed by atoms with Gasteiger partial charge < -0.3 is 5.32 Å². The number of hydrogen-bond donors (Lipinski definition) is 1. The van der Waals surface area contributed by atoms with Crippen LogP contribution in [0.5, 0.6) is 0 Å². The van der Waals surface area contributed by atoms with E-state index in [0.717, 1.165) is 12.0 Å². The second kappa shape index (κ2) is 3.69. The van der Waals surface area contributed by atoms with Gasteiger partial charge in [0.05, 0.1) is 10.5 Å². The van der Waals surface area contributed by atoms with E-state index in [4.69, 9.17) is 0 Å². The molecule has 1 saturated heterocycles. The number of rotatable bonds is 1. The Bertz CT molecular complexity index is 380. The van der Waals surface area contributed by atoms with E-state index in [-0.39, 0.29) is 17.8 Å². The van der Waals surface area contributed by atoms with E-state index in [1.54, 1.807) is 6.07 Å². The third-order valence-electron chi connectivity index (χ3n) is 2.34. The zero-order chi connectivity index (χ0) is 10.1. The van der Waals surface area contributed by atoms with Crippen LogP contribution in [0.15, 0.2) is 22.7 Å². The summed E-state index contributed by atoms with van der Waals surface area (Å²) < 4.78 is 13.6. The van der Waals surface area contributed by atoms with E-state index >= 15 is 0 Å². The molecule has 1 aromatic carbocycles. The van der Waals surface area contributed by atoms with Crippen LogP contribution in [0.4, 0.5) is 4.39 Å². The SMILES string of the molecule is O=C1CCC(c2ccc(Br)c(F)c2)N1. The van der Waals surface area contributed by atoms with Gasteiger partial charge in [0.25, 0.3) is 0 Å². The maximum atomic E-state index is 13.2. The molecule has 1 fully saturated rings. The lowest BCUT2D eigenvalue weighted by Gasteiger charge is -2.10. The van der Waals surface area contributed by atoms with Gasteiger partial charge in [-0.3, -0.25) is 4.79 Å². The predicted octanol–water partition coefficient (Wildman–Crippen LogP) is 2.54. The number of halogens is 2. The first-order chi connectivity index (χ1) is 6.66. The zero-order valence-electron chi connectivity index (χ0n) is 7.39. The molecule has 0 bridgehead atoms. The van der Waals surface area contributed by atoms with Crippen LogP contribution in [0.3, 0.4) is 0 Å². The number of nitrogens with one attached hydrogen (secondary N) is 1. The topological polar surface area (TPSA) is 29.1 Å². The molecular formula is C10H9BrFNO. The molecule has 1 aliphatic heterocycles. The van der Waals surface area contributed by atoms with Crippen LogP contribution in [0.1, 0.15) is 24.4 Å². The molecule has 0 aliphatic carbocycles. The molecule has 1 amide bonds. The maximum absolute atomic E-state index is 13.2. The van der Waals surface area contributed by atoms with E-state index in [2.05, 4.69) is 21.2 Å². The molecule has 2 nitrogen and oxygen atoms in total. The van der Waals surface area contributed by atoms with Crippen molar-refractivity contribution in [3.8, 4) is 0 Å². The van der Waals surface area contributed by atoms with Crippen LogP contribution in [0, 0.1) is 5.82 Å². The van der Waals surface area contributed by atoms with Crippen molar-refractivity contribution >= 4 is 21.8 Å². The standard InChI is InChI=1S/C10H9BrFNO/c11-7-2-1-6(5-8(7)12)9-3-4-10(14)13-9/h1-2,5,9H,3-4H2,(H,13,14). The van der Waals surface area contributed by atoms with Gasteiger partial charge in [0.2, 0.25) is 5.91 Å². The molecule has 0 saturated carbocycles. The quantitative estimate of drug-likeness (QED) is 0.824. The van der Waals surface area contributed by atoms with Crippen LogP contribution in [-0.2, 0) is 4.79 Å². The lowest BCUT2D eigenvalue weighted by atomic mass is 10.1. The van der Waals surface area contributed by atoms with Crippen molar-refractivity contribution in [2.45, 2.75) is 18.9 Å². The highest BCUT2D eigenvalue weighted by atomic mass is 79.9. The highest BCUT2D eigenvalue weighted by Gasteiger charge is 2.22. The second-order valence-corrected chi connectivity index (χ2v) is 4.19. The molecule has 4 heteroatoms. The van der Waals surface area contributed by atoms with Gasteiger partial charge in [-0.1, -0.05) is 6.07 Å². The van der Waals surface area contributed by atoms with Crippen molar-refractivity contribution in [3.05, 3.63) is 34.1 Å².